The molecule has 1 amide bonds. The first-order chi connectivity index (χ1) is 18.0. The third kappa shape index (κ3) is 4.95. The van der Waals surface area contributed by atoms with E-state index in [0.717, 1.165) is 11.3 Å². The minimum Gasteiger partial charge on any atom is -0.497 e. The zero-order valence-electron chi connectivity index (χ0n) is 19.6. The number of amides is 1. The number of benzene rings is 1. The highest BCUT2D eigenvalue weighted by molar-refractivity contribution is 8.01. The summed E-state index contributed by atoms with van der Waals surface area (Å²) in [6.07, 6.45) is 3.32. The maximum absolute atomic E-state index is 13.2. The van der Waals surface area contributed by atoms with E-state index in [-0.39, 0.29) is 28.8 Å². The number of Topliss-reactive ketones (excluding diaryl/α,β-unsaturated/α-hetero) is 1. The van der Waals surface area contributed by atoms with Crippen molar-refractivity contribution in [2.45, 2.75) is 29.5 Å². The molecule has 1 aromatic carbocycles. The molecule has 0 fully saturated rings. The standard InChI is InChI=1S/C24H21N7O3S3/c1-34-14-7-5-13(6-8-14)19-15(11-25)21(26)31(16-3-2-4-17(32)20(16)19)23-29-30-24(37-23)36-12-18(33)28-22-27-9-10-35-22/h5-10,19H,2-4,12,26H2,1H3,(H,27,28,33). The average Bonchev–Trinajstić information content (AvgIpc) is 3.59. The Morgan fingerprint density at radius 3 is 2.84 bits per heavy atom. The van der Waals surface area contributed by atoms with E-state index in [1.165, 1.54) is 34.4 Å². The molecule has 0 saturated heterocycles. The van der Waals surface area contributed by atoms with Gasteiger partial charge in [-0.05, 0) is 30.5 Å². The van der Waals surface area contributed by atoms with E-state index in [9.17, 15) is 14.9 Å². The summed E-state index contributed by atoms with van der Waals surface area (Å²) in [5, 5.41) is 24.1. The molecule has 37 heavy (non-hydrogen) atoms. The first kappa shape index (κ1) is 24.9. The molecule has 1 aliphatic carbocycles. The highest BCUT2D eigenvalue weighted by atomic mass is 32.2. The summed E-state index contributed by atoms with van der Waals surface area (Å²) in [6.45, 7) is 0. The summed E-state index contributed by atoms with van der Waals surface area (Å²) < 4.78 is 5.83. The Bertz CT molecular complexity index is 1440. The van der Waals surface area contributed by atoms with Crippen molar-refractivity contribution < 1.29 is 14.3 Å². The topological polar surface area (TPSA) is 147 Å². The second-order valence-corrected chi connectivity index (χ2v) is 11.2. The summed E-state index contributed by atoms with van der Waals surface area (Å²) in [5.74, 6) is 0.267. The lowest BCUT2D eigenvalue weighted by Crippen LogP contribution is -2.38. The zero-order chi connectivity index (χ0) is 25.9. The van der Waals surface area contributed by atoms with Gasteiger partial charge in [-0.2, -0.15) is 5.26 Å². The molecular weight excluding hydrogens is 531 g/mol. The fraction of sp³-hybridized carbons (Fsp3) is 0.250. The van der Waals surface area contributed by atoms with Crippen molar-refractivity contribution in [1.29, 1.82) is 5.26 Å². The van der Waals surface area contributed by atoms with Gasteiger partial charge in [-0.3, -0.25) is 14.5 Å². The number of nitrogens with one attached hydrogen (secondary N) is 1. The van der Waals surface area contributed by atoms with Gasteiger partial charge in [0.1, 0.15) is 11.6 Å². The predicted octanol–water partition coefficient (Wildman–Crippen LogP) is 4.04. The van der Waals surface area contributed by atoms with Gasteiger partial charge >= 0.3 is 0 Å². The molecular formula is C24H21N7O3S3. The number of hydrogen-bond acceptors (Lipinski definition) is 12. The Labute approximate surface area is 224 Å². The number of thiazole rings is 1. The normalized spacial score (nSPS) is 17.5. The highest BCUT2D eigenvalue weighted by Crippen LogP contribution is 2.47. The number of hydrogen-bond donors (Lipinski definition) is 2. The summed E-state index contributed by atoms with van der Waals surface area (Å²) >= 11 is 3.83. The Hall–Kier alpha value is -3.73. The molecule has 3 aromatic rings. The van der Waals surface area contributed by atoms with Gasteiger partial charge < -0.3 is 15.8 Å². The van der Waals surface area contributed by atoms with Crippen molar-refractivity contribution in [1.82, 2.24) is 15.2 Å². The largest absolute Gasteiger partial charge is 0.497 e. The molecule has 5 rings (SSSR count). The average molecular weight is 552 g/mol. The van der Waals surface area contributed by atoms with Crippen LogP contribution in [0.5, 0.6) is 5.75 Å². The van der Waals surface area contributed by atoms with E-state index in [4.69, 9.17) is 10.5 Å². The Balaban J connectivity index is 1.45. The maximum atomic E-state index is 13.2. The molecule has 0 saturated carbocycles. The van der Waals surface area contributed by atoms with Crippen LogP contribution in [0.3, 0.4) is 0 Å². The Morgan fingerprint density at radius 1 is 1.32 bits per heavy atom. The van der Waals surface area contributed by atoms with Crippen molar-refractivity contribution in [3.8, 4) is 11.8 Å². The van der Waals surface area contributed by atoms with Gasteiger partial charge in [0.25, 0.3) is 0 Å². The summed E-state index contributed by atoms with van der Waals surface area (Å²) in [5.41, 5.74) is 8.96. The molecule has 1 unspecified atom stereocenters. The number of methoxy groups -OCH3 is 1. The quantitative estimate of drug-likeness (QED) is 0.412. The van der Waals surface area contributed by atoms with E-state index in [0.29, 0.717) is 45.2 Å². The van der Waals surface area contributed by atoms with Crippen molar-refractivity contribution in [2.24, 2.45) is 5.73 Å². The van der Waals surface area contributed by atoms with Gasteiger partial charge in [0, 0.05) is 29.3 Å². The lowest BCUT2D eigenvalue weighted by molar-refractivity contribution is -0.116. The molecule has 13 heteroatoms. The van der Waals surface area contributed by atoms with Crippen LogP contribution in [0.4, 0.5) is 10.3 Å². The highest BCUT2D eigenvalue weighted by Gasteiger charge is 2.41. The Morgan fingerprint density at radius 2 is 2.14 bits per heavy atom. The lowest BCUT2D eigenvalue weighted by atomic mass is 9.76. The number of ketones is 1. The fourth-order valence-electron chi connectivity index (χ4n) is 4.35. The van der Waals surface area contributed by atoms with Crippen LogP contribution in [-0.4, -0.2) is 39.7 Å². The molecule has 1 atom stereocenters. The van der Waals surface area contributed by atoms with E-state index in [2.05, 4.69) is 26.6 Å². The monoisotopic (exact) mass is 551 g/mol. The molecule has 2 aromatic heterocycles. The van der Waals surface area contributed by atoms with Gasteiger partial charge in [0.05, 0.1) is 30.4 Å². The molecule has 3 heterocycles. The van der Waals surface area contributed by atoms with Crippen LogP contribution in [0, 0.1) is 11.3 Å². The van der Waals surface area contributed by atoms with E-state index in [1.54, 1.807) is 35.7 Å². The van der Waals surface area contributed by atoms with Crippen LogP contribution in [0.1, 0.15) is 30.7 Å². The summed E-state index contributed by atoms with van der Waals surface area (Å²) in [4.78, 5) is 31.2. The van der Waals surface area contributed by atoms with Gasteiger partial charge in [-0.1, -0.05) is 35.2 Å². The third-order valence-electron chi connectivity index (χ3n) is 5.95. The van der Waals surface area contributed by atoms with Crippen molar-refractivity contribution in [3.63, 3.8) is 0 Å². The maximum Gasteiger partial charge on any atom is 0.236 e. The third-order valence-corrected chi connectivity index (χ3v) is 8.69. The number of anilines is 2. The van der Waals surface area contributed by atoms with Crippen molar-refractivity contribution in [2.75, 3.05) is 23.1 Å². The van der Waals surface area contributed by atoms with Gasteiger partial charge in [-0.25, -0.2) is 4.98 Å². The molecule has 0 spiro atoms. The van der Waals surface area contributed by atoms with E-state index < -0.39 is 5.92 Å². The number of rotatable bonds is 7. The number of carbonyl (C=O) groups excluding carboxylic acids is 2. The first-order valence-electron chi connectivity index (χ1n) is 11.3. The van der Waals surface area contributed by atoms with Crippen LogP contribution >= 0.6 is 34.4 Å². The fourth-order valence-corrected chi connectivity index (χ4v) is 6.58. The molecule has 10 nitrogen and oxygen atoms in total. The predicted molar refractivity (Wildman–Crippen MR) is 142 cm³/mol. The van der Waals surface area contributed by atoms with E-state index in [1.807, 2.05) is 12.1 Å². The molecule has 3 N–H and O–H groups in total. The van der Waals surface area contributed by atoms with Crippen LogP contribution in [-0.2, 0) is 9.59 Å². The van der Waals surface area contributed by atoms with Gasteiger partial charge in [0.15, 0.2) is 15.3 Å². The molecule has 188 valence electrons. The number of aromatic nitrogens is 3. The minimum atomic E-state index is -0.564. The van der Waals surface area contributed by atoms with Crippen molar-refractivity contribution >= 4 is 56.4 Å². The van der Waals surface area contributed by atoms with Crippen LogP contribution in [0.15, 0.2) is 62.8 Å². The van der Waals surface area contributed by atoms with Crippen molar-refractivity contribution in [3.05, 3.63) is 64.1 Å². The zero-order valence-corrected chi connectivity index (χ0v) is 22.1. The van der Waals surface area contributed by atoms with E-state index >= 15 is 0 Å². The SMILES string of the molecule is COc1ccc(C2C(C#N)=C(N)N(c3nnc(SCC(=O)Nc4nccs4)s3)C3=C2C(=O)CCC3)cc1. The molecule has 0 bridgehead atoms. The minimum absolute atomic E-state index is 0.00899. The van der Waals surface area contributed by atoms with Crippen LogP contribution < -0.4 is 20.7 Å². The molecule has 0 radical (unpaired) electrons. The smallest absolute Gasteiger partial charge is 0.236 e. The number of carbonyl (C=O) groups is 2. The van der Waals surface area contributed by atoms with Crippen LogP contribution in [0.2, 0.25) is 0 Å². The number of nitriles is 1. The molecule has 2 aliphatic rings. The molecule has 1 aliphatic heterocycles. The number of ether oxygens (including phenoxy) is 1. The van der Waals surface area contributed by atoms with Crippen LogP contribution in [0.25, 0.3) is 0 Å². The summed E-state index contributed by atoms with van der Waals surface area (Å²) in [6, 6.07) is 9.56. The number of allylic oxidation sites excluding steroid dienone is 3. The first-order valence-corrected chi connectivity index (χ1v) is 13.9. The second kappa shape index (κ2) is 10.7. The number of nitrogens with zero attached hydrogens (tertiary/aromatic N) is 5. The van der Waals surface area contributed by atoms with Gasteiger partial charge in [-0.15, -0.1) is 21.5 Å². The van der Waals surface area contributed by atoms with Gasteiger partial charge in [0.2, 0.25) is 11.0 Å². The lowest BCUT2D eigenvalue weighted by Gasteiger charge is -2.38. The number of thioether (sulfide) groups is 1. The second-order valence-electron chi connectivity index (χ2n) is 8.11. The summed E-state index contributed by atoms with van der Waals surface area (Å²) in [7, 11) is 1.58. The number of nitrogens with two attached hydrogens (primary N) is 1. The Kier molecular flexibility index (Phi) is 7.22.